The van der Waals surface area contributed by atoms with Gasteiger partial charge in [0, 0.05) is 29.2 Å². The van der Waals surface area contributed by atoms with E-state index in [0.29, 0.717) is 5.92 Å². The van der Waals surface area contributed by atoms with Gasteiger partial charge in [-0.1, -0.05) is 19.9 Å². The Bertz CT molecular complexity index is 528. The van der Waals surface area contributed by atoms with Gasteiger partial charge in [-0.3, -0.25) is 4.79 Å². The van der Waals surface area contributed by atoms with Crippen molar-refractivity contribution < 1.29 is 4.79 Å². The largest absolute Gasteiger partial charge is 0.361 e. The molecule has 96 valence electrons. The average Bonchev–Trinajstić information content (AvgIpc) is 2.82. The van der Waals surface area contributed by atoms with E-state index in [0.717, 1.165) is 35.9 Å². The molecule has 2 aromatic rings. The maximum atomic E-state index is 12.1. The van der Waals surface area contributed by atoms with Gasteiger partial charge in [0.05, 0.1) is 0 Å². The maximum Gasteiger partial charge on any atom is 0.251 e. The molecule has 1 aromatic carbocycles. The summed E-state index contributed by atoms with van der Waals surface area (Å²) in [6.45, 7) is 5.14. The maximum absolute atomic E-state index is 12.1. The van der Waals surface area contributed by atoms with Crippen LogP contribution in [0, 0.1) is 5.92 Å². The fourth-order valence-corrected chi connectivity index (χ4v) is 2.09. The molecule has 0 saturated heterocycles. The van der Waals surface area contributed by atoms with Crippen LogP contribution in [0.3, 0.4) is 0 Å². The van der Waals surface area contributed by atoms with Crippen LogP contribution in [0.1, 0.15) is 37.0 Å². The second-order valence-corrected chi connectivity index (χ2v) is 5.04. The van der Waals surface area contributed by atoms with Crippen molar-refractivity contribution in [3.05, 3.63) is 36.0 Å². The number of rotatable bonds is 5. The van der Waals surface area contributed by atoms with E-state index in [-0.39, 0.29) is 5.91 Å². The molecule has 0 saturated carbocycles. The van der Waals surface area contributed by atoms with Gasteiger partial charge in [0.1, 0.15) is 0 Å². The Hall–Kier alpha value is -1.77. The minimum Gasteiger partial charge on any atom is -0.361 e. The molecule has 0 bridgehead atoms. The predicted molar refractivity (Wildman–Crippen MR) is 74.7 cm³/mol. The molecule has 0 aliphatic heterocycles. The Morgan fingerprint density at radius 2 is 2.17 bits per heavy atom. The highest BCUT2D eigenvalue weighted by Gasteiger charge is 2.09. The van der Waals surface area contributed by atoms with Crippen molar-refractivity contribution in [3.8, 4) is 0 Å². The molecule has 0 unspecified atom stereocenters. The van der Waals surface area contributed by atoms with Crippen LogP contribution in [0.25, 0.3) is 10.9 Å². The Morgan fingerprint density at radius 1 is 1.33 bits per heavy atom. The summed E-state index contributed by atoms with van der Waals surface area (Å²) in [5, 5.41) is 3.97. The third kappa shape index (κ3) is 2.92. The van der Waals surface area contributed by atoms with Crippen molar-refractivity contribution in [2.45, 2.75) is 26.7 Å². The summed E-state index contributed by atoms with van der Waals surface area (Å²) in [6.07, 6.45) is 4.04. The topological polar surface area (TPSA) is 44.9 Å². The molecule has 2 rings (SSSR count). The molecule has 0 atom stereocenters. The first-order valence-corrected chi connectivity index (χ1v) is 6.53. The number of aromatic nitrogens is 1. The molecule has 3 heteroatoms. The predicted octanol–water partition coefficient (Wildman–Crippen LogP) is 3.33. The highest BCUT2D eigenvalue weighted by molar-refractivity contribution is 6.06. The van der Waals surface area contributed by atoms with Gasteiger partial charge < -0.3 is 10.3 Å². The first kappa shape index (κ1) is 12.7. The van der Waals surface area contributed by atoms with E-state index >= 15 is 0 Å². The summed E-state index contributed by atoms with van der Waals surface area (Å²) in [6, 6.07) is 7.69. The van der Waals surface area contributed by atoms with E-state index in [1.807, 2.05) is 30.5 Å². The zero-order valence-corrected chi connectivity index (χ0v) is 11.0. The lowest BCUT2D eigenvalue weighted by Gasteiger charge is -2.07. The minimum absolute atomic E-state index is 0.0176. The number of hydrogen-bond donors (Lipinski definition) is 2. The van der Waals surface area contributed by atoms with Crippen LogP contribution in [0.2, 0.25) is 0 Å². The number of carbonyl (C=O) groups excluding carboxylic acids is 1. The fraction of sp³-hybridized carbons (Fsp3) is 0.400. The third-order valence-electron chi connectivity index (χ3n) is 3.08. The van der Waals surface area contributed by atoms with E-state index in [4.69, 9.17) is 0 Å². The van der Waals surface area contributed by atoms with Gasteiger partial charge in [-0.25, -0.2) is 0 Å². The Kier molecular flexibility index (Phi) is 4.03. The number of hydrogen-bond acceptors (Lipinski definition) is 1. The summed E-state index contributed by atoms with van der Waals surface area (Å²) in [5.41, 5.74) is 1.75. The number of fused-ring (bicyclic) bond motifs is 1. The molecule has 3 nitrogen and oxygen atoms in total. The zero-order valence-electron chi connectivity index (χ0n) is 11.0. The van der Waals surface area contributed by atoms with Gasteiger partial charge in [-0.05, 0) is 37.0 Å². The SMILES string of the molecule is CC(C)CCCNC(=O)c1cccc2[nH]ccc12. The summed E-state index contributed by atoms with van der Waals surface area (Å²) in [5.74, 6) is 0.707. The fourth-order valence-electron chi connectivity index (χ4n) is 2.09. The molecule has 1 heterocycles. The molecule has 0 aliphatic rings. The summed E-state index contributed by atoms with van der Waals surface area (Å²) in [7, 11) is 0. The molecule has 1 amide bonds. The molecule has 0 spiro atoms. The number of benzene rings is 1. The van der Waals surface area contributed by atoms with Crippen molar-refractivity contribution >= 4 is 16.8 Å². The number of aromatic amines is 1. The molecule has 18 heavy (non-hydrogen) atoms. The van der Waals surface area contributed by atoms with Crippen molar-refractivity contribution in [3.63, 3.8) is 0 Å². The van der Waals surface area contributed by atoms with Crippen LogP contribution in [0.5, 0.6) is 0 Å². The first-order valence-electron chi connectivity index (χ1n) is 6.53. The zero-order chi connectivity index (χ0) is 13.0. The second-order valence-electron chi connectivity index (χ2n) is 5.04. The lowest BCUT2D eigenvalue weighted by molar-refractivity contribution is 0.0954. The normalized spacial score (nSPS) is 11.1. The molecule has 0 aliphatic carbocycles. The summed E-state index contributed by atoms with van der Waals surface area (Å²) < 4.78 is 0. The Balaban J connectivity index is 1.98. The molecule has 0 radical (unpaired) electrons. The van der Waals surface area contributed by atoms with Crippen LogP contribution in [0.4, 0.5) is 0 Å². The summed E-state index contributed by atoms with van der Waals surface area (Å²) >= 11 is 0. The second kappa shape index (κ2) is 5.71. The monoisotopic (exact) mass is 244 g/mol. The van der Waals surface area contributed by atoms with Gasteiger partial charge in [0.25, 0.3) is 5.91 Å². The number of nitrogens with one attached hydrogen (secondary N) is 2. The van der Waals surface area contributed by atoms with Crippen LogP contribution in [-0.2, 0) is 0 Å². The van der Waals surface area contributed by atoms with Gasteiger partial charge in [-0.15, -0.1) is 0 Å². The molecule has 2 N–H and O–H groups in total. The van der Waals surface area contributed by atoms with E-state index in [1.165, 1.54) is 0 Å². The van der Waals surface area contributed by atoms with Gasteiger partial charge in [0.2, 0.25) is 0 Å². The van der Waals surface area contributed by atoms with Crippen LogP contribution in [0.15, 0.2) is 30.5 Å². The van der Waals surface area contributed by atoms with E-state index in [1.54, 1.807) is 0 Å². The van der Waals surface area contributed by atoms with Crippen molar-refractivity contribution in [1.29, 1.82) is 0 Å². The molecular formula is C15H20N2O. The smallest absolute Gasteiger partial charge is 0.251 e. The van der Waals surface area contributed by atoms with E-state index < -0.39 is 0 Å². The lowest BCUT2D eigenvalue weighted by atomic mass is 10.1. The highest BCUT2D eigenvalue weighted by atomic mass is 16.1. The van der Waals surface area contributed by atoms with Crippen molar-refractivity contribution in [1.82, 2.24) is 10.3 Å². The van der Waals surface area contributed by atoms with E-state index in [2.05, 4.69) is 24.1 Å². The molecule has 1 aromatic heterocycles. The third-order valence-corrected chi connectivity index (χ3v) is 3.08. The van der Waals surface area contributed by atoms with Crippen LogP contribution < -0.4 is 5.32 Å². The Morgan fingerprint density at radius 3 is 2.94 bits per heavy atom. The average molecular weight is 244 g/mol. The highest BCUT2D eigenvalue weighted by Crippen LogP contribution is 2.17. The molecule has 0 fully saturated rings. The van der Waals surface area contributed by atoms with E-state index in [9.17, 15) is 4.79 Å². The van der Waals surface area contributed by atoms with Crippen molar-refractivity contribution in [2.75, 3.05) is 6.54 Å². The van der Waals surface area contributed by atoms with Gasteiger partial charge in [0.15, 0.2) is 0 Å². The number of H-pyrrole nitrogens is 1. The van der Waals surface area contributed by atoms with Crippen LogP contribution in [-0.4, -0.2) is 17.4 Å². The quantitative estimate of drug-likeness (QED) is 0.778. The van der Waals surface area contributed by atoms with Crippen molar-refractivity contribution in [2.24, 2.45) is 5.92 Å². The number of amides is 1. The minimum atomic E-state index is 0.0176. The summed E-state index contributed by atoms with van der Waals surface area (Å²) in [4.78, 5) is 15.2. The standard InChI is InChI=1S/C15H20N2O/c1-11(2)5-4-9-17-15(18)13-6-3-7-14-12(13)8-10-16-14/h3,6-8,10-11,16H,4-5,9H2,1-2H3,(H,17,18). The number of carbonyl (C=O) groups is 1. The first-order chi connectivity index (χ1) is 8.68. The van der Waals surface area contributed by atoms with Gasteiger partial charge >= 0.3 is 0 Å². The molecular weight excluding hydrogens is 224 g/mol. The van der Waals surface area contributed by atoms with Crippen LogP contribution >= 0.6 is 0 Å². The van der Waals surface area contributed by atoms with Gasteiger partial charge in [-0.2, -0.15) is 0 Å². The Labute approximate surface area is 108 Å². The lowest BCUT2D eigenvalue weighted by Crippen LogP contribution is -2.24.